The number of nitrogens with zero attached hydrogens (tertiary/aromatic N) is 5. The molecule has 0 aliphatic carbocycles. The van der Waals surface area contributed by atoms with E-state index < -0.39 is 5.91 Å². The van der Waals surface area contributed by atoms with Crippen LogP contribution in [0.2, 0.25) is 0 Å². The van der Waals surface area contributed by atoms with Crippen LogP contribution in [0.15, 0.2) is 53.7 Å². The van der Waals surface area contributed by atoms with Crippen LogP contribution in [0.3, 0.4) is 0 Å². The summed E-state index contributed by atoms with van der Waals surface area (Å²) in [7, 11) is 0. The third-order valence-corrected chi connectivity index (χ3v) is 5.84. The molecule has 1 N–H and O–H groups in total. The van der Waals surface area contributed by atoms with Gasteiger partial charge in [-0.3, -0.25) is 4.79 Å². The maximum atomic E-state index is 13.5. The van der Waals surface area contributed by atoms with Gasteiger partial charge in [-0.15, -0.1) is 5.10 Å². The molecule has 1 aliphatic rings. The van der Waals surface area contributed by atoms with Crippen LogP contribution in [0.25, 0.3) is 5.69 Å². The lowest BCUT2D eigenvalue weighted by Gasteiger charge is -2.09. The molecule has 0 bridgehead atoms. The van der Waals surface area contributed by atoms with Gasteiger partial charge in [0.2, 0.25) is 6.79 Å². The van der Waals surface area contributed by atoms with Crippen LogP contribution in [0.5, 0.6) is 11.5 Å². The zero-order valence-corrected chi connectivity index (χ0v) is 19.1. The Morgan fingerprint density at radius 2 is 1.79 bits per heavy atom. The lowest BCUT2D eigenvalue weighted by molar-refractivity contribution is 0.102. The summed E-state index contributed by atoms with van der Waals surface area (Å²) in [6.07, 6.45) is 0. The molecule has 0 radical (unpaired) electrons. The highest BCUT2D eigenvalue weighted by Gasteiger charge is 2.23. The van der Waals surface area contributed by atoms with E-state index in [0.29, 0.717) is 39.5 Å². The van der Waals surface area contributed by atoms with Crippen molar-refractivity contribution in [1.29, 1.82) is 0 Å². The van der Waals surface area contributed by atoms with Gasteiger partial charge in [0, 0.05) is 28.9 Å². The molecule has 0 spiro atoms. The van der Waals surface area contributed by atoms with Crippen LogP contribution >= 0.6 is 11.8 Å². The zero-order chi connectivity index (χ0) is 23.7. The molecule has 0 fully saturated rings. The summed E-state index contributed by atoms with van der Waals surface area (Å²) >= 11 is 1.36. The first kappa shape index (κ1) is 21.8. The Bertz CT molecular complexity index is 1360. The number of hydrogen-bond acceptors (Lipinski definition) is 8. The molecule has 0 saturated carbocycles. The van der Waals surface area contributed by atoms with Gasteiger partial charge in [0.05, 0.1) is 11.4 Å². The van der Waals surface area contributed by atoms with Crippen molar-refractivity contribution in [2.24, 2.45) is 0 Å². The SMILES string of the molecule is Cc1cc(C)nc(SCc2c(C(=O)Nc3ccc4c(c3)OCO4)nnn2-c2ccc(F)cc2)n1. The fourth-order valence-electron chi connectivity index (χ4n) is 3.45. The molecule has 3 heterocycles. The average Bonchev–Trinajstić information content (AvgIpc) is 3.44. The molecule has 1 aliphatic heterocycles. The summed E-state index contributed by atoms with van der Waals surface area (Å²) in [4.78, 5) is 22.1. The third kappa shape index (κ3) is 4.55. The van der Waals surface area contributed by atoms with Crippen LogP contribution in [0, 0.1) is 19.7 Å². The van der Waals surface area contributed by atoms with Gasteiger partial charge < -0.3 is 14.8 Å². The zero-order valence-electron chi connectivity index (χ0n) is 18.3. The number of thioether (sulfide) groups is 1. The molecule has 34 heavy (non-hydrogen) atoms. The summed E-state index contributed by atoms with van der Waals surface area (Å²) in [6.45, 7) is 3.93. The first-order valence-electron chi connectivity index (χ1n) is 10.3. The van der Waals surface area contributed by atoms with Gasteiger partial charge in [0.15, 0.2) is 22.3 Å². The Kier molecular flexibility index (Phi) is 5.84. The van der Waals surface area contributed by atoms with Crippen molar-refractivity contribution >= 4 is 23.4 Å². The topological polar surface area (TPSA) is 104 Å². The van der Waals surface area contributed by atoms with E-state index in [1.807, 2.05) is 19.9 Å². The number of carbonyl (C=O) groups is 1. The summed E-state index contributed by atoms with van der Waals surface area (Å²) in [6, 6.07) is 12.8. The Labute approximate surface area is 198 Å². The smallest absolute Gasteiger partial charge is 0.278 e. The van der Waals surface area contributed by atoms with Crippen LogP contribution < -0.4 is 14.8 Å². The van der Waals surface area contributed by atoms with Gasteiger partial charge >= 0.3 is 0 Å². The number of hydrogen-bond donors (Lipinski definition) is 1. The number of nitrogens with one attached hydrogen (secondary N) is 1. The largest absolute Gasteiger partial charge is 0.454 e. The van der Waals surface area contributed by atoms with Gasteiger partial charge in [-0.1, -0.05) is 17.0 Å². The maximum absolute atomic E-state index is 13.5. The second kappa shape index (κ2) is 9.10. The first-order valence-corrected chi connectivity index (χ1v) is 11.3. The van der Waals surface area contributed by atoms with Crippen LogP contribution in [-0.2, 0) is 5.75 Å². The van der Waals surface area contributed by atoms with Crippen molar-refractivity contribution in [3.8, 4) is 17.2 Å². The Hall–Kier alpha value is -3.99. The number of halogens is 1. The number of ether oxygens (including phenoxy) is 2. The fraction of sp³-hybridized carbons (Fsp3) is 0.174. The summed E-state index contributed by atoms with van der Waals surface area (Å²) in [5.41, 5.74) is 3.47. The molecule has 5 rings (SSSR count). The highest BCUT2D eigenvalue weighted by atomic mass is 32.2. The molecular weight excluding hydrogens is 459 g/mol. The predicted octanol–water partition coefficient (Wildman–Crippen LogP) is 4.09. The Balaban J connectivity index is 1.45. The van der Waals surface area contributed by atoms with Crippen molar-refractivity contribution in [2.45, 2.75) is 24.8 Å². The lowest BCUT2D eigenvalue weighted by atomic mass is 10.2. The number of carbonyl (C=O) groups excluding carboxylic acids is 1. The molecule has 2 aromatic carbocycles. The molecule has 4 aromatic rings. The van der Waals surface area contributed by atoms with Crippen molar-refractivity contribution in [3.05, 3.63) is 77.1 Å². The first-order chi connectivity index (χ1) is 16.5. The van der Waals surface area contributed by atoms with E-state index in [1.165, 1.54) is 28.6 Å². The second-order valence-electron chi connectivity index (χ2n) is 7.52. The molecule has 2 aromatic heterocycles. The van der Waals surface area contributed by atoms with Crippen molar-refractivity contribution in [2.75, 3.05) is 12.1 Å². The minimum Gasteiger partial charge on any atom is -0.454 e. The Morgan fingerprint density at radius 1 is 1.06 bits per heavy atom. The molecule has 0 saturated heterocycles. The normalized spacial score (nSPS) is 12.1. The van der Waals surface area contributed by atoms with Gasteiger partial charge in [-0.05, 0) is 56.3 Å². The minimum atomic E-state index is -0.441. The van der Waals surface area contributed by atoms with Gasteiger partial charge in [0.25, 0.3) is 5.91 Å². The summed E-state index contributed by atoms with van der Waals surface area (Å²) < 4.78 is 25.7. The lowest BCUT2D eigenvalue weighted by Crippen LogP contribution is -2.15. The quantitative estimate of drug-likeness (QED) is 0.327. The number of amides is 1. The molecule has 0 unspecified atom stereocenters. The van der Waals surface area contributed by atoms with Crippen molar-refractivity contribution < 1.29 is 18.7 Å². The van der Waals surface area contributed by atoms with Crippen molar-refractivity contribution in [1.82, 2.24) is 25.0 Å². The number of rotatable bonds is 6. The number of aryl methyl sites for hydroxylation is 2. The molecule has 172 valence electrons. The summed E-state index contributed by atoms with van der Waals surface area (Å²) in [5, 5.41) is 11.7. The summed E-state index contributed by atoms with van der Waals surface area (Å²) in [5.74, 6) is 0.673. The molecular formula is C23H19FN6O3S. The van der Waals surface area contributed by atoms with E-state index in [0.717, 1.165) is 11.4 Å². The fourth-order valence-corrected chi connectivity index (χ4v) is 4.39. The second-order valence-corrected chi connectivity index (χ2v) is 8.46. The van der Waals surface area contributed by atoms with Crippen molar-refractivity contribution in [3.63, 3.8) is 0 Å². The van der Waals surface area contributed by atoms with E-state index >= 15 is 0 Å². The maximum Gasteiger partial charge on any atom is 0.278 e. The highest BCUT2D eigenvalue weighted by Crippen LogP contribution is 2.34. The standard InChI is InChI=1S/C23H19FN6O3S/c1-13-9-14(2)26-23(25-13)34-11-18-21(28-29-30(18)17-6-3-15(24)4-7-17)22(31)27-16-5-8-19-20(10-16)33-12-32-19/h3-10H,11-12H2,1-2H3,(H,27,31). The minimum absolute atomic E-state index is 0.138. The monoisotopic (exact) mass is 478 g/mol. The van der Waals surface area contributed by atoms with Gasteiger partial charge in [-0.2, -0.15) is 0 Å². The number of benzene rings is 2. The van der Waals surface area contributed by atoms with E-state index in [-0.39, 0.29) is 18.3 Å². The van der Waals surface area contributed by atoms with Crippen LogP contribution in [0.4, 0.5) is 10.1 Å². The van der Waals surface area contributed by atoms with Crippen LogP contribution in [-0.4, -0.2) is 37.7 Å². The average molecular weight is 479 g/mol. The van der Waals surface area contributed by atoms with Gasteiger partial charge in [-0.25, -0.2) is 19.0 Å². The highest BCUT2D eigenvalue weighted by molar-refractivity contribution is 7.98. The van der Waals surface area contributed by atoms with E-state index in [2.05, 4.69) is 25.6 Å². The van der Waals surface area contributed by atoms with E-state index in [9.17, 15) is 9.18 Å². The predicted molar refractivity (Wildman–Crippen MR) is 123 cm³/mol. The number of aromatic nitrogens is 5. The van der Waals surface area contributed by atoms with Crippen LogP contribution in [0.1, 0.15) is 27.6 Å². The molecule has 1 amide bonds. The molecule has 9 nitrogen and oxygen atoms in total. The van der Waals surface area contributed by atoms with E-state index in [1.54, 1.807) is 30.3 Å². The molecule has 0 atom stereocenters. The Morgan fingerprint density at radius 3 is 2.56 bits per heavy atom. The number of fused-ring (bicyclic) bond motifs is 1. The molecule has 11 heteroatoms. The number of anilines is 1. The van der Waals surface area contributed by atoms with Gasteiger partial charge in [0.1, 0.15) is 5.82 Å². The van der Waals surface area contributed by atoms with E-state index in [4.69, 9.17) is 9.47 Å². The third-order valence-electron chi connectivity index (χ3n) is 4.98.